The summed E-state index contributed by atoms with van der Waals surface area (Å²) in [6, 6.07) is 5.88. The van der Waals surface area contributed by atoms with Crippen LogP contribution in [-0.4, -0.2) is 86.8 Å². The van der Waals surface area contributed by atoms with E-state index >= 15 is 8.78 Å². The van der Waals surface area contributed by atoms with Gasteiger partial charge in [0.05, 0.1) is 16.5 Å². The normalized spacial score (nSPS) is 21.6. The molecule has 6 heterocycles. The molecule has 3 N–H and O–H groups in total. The Morgan fingerprint density at radius 2 is 1.80 bits per heavy atom. The fourth-order valence-electron chi connectivity index (χ4n) is 8.18. The minimum absolute atomic E-state index is 0.0190. The van der Waals surface area contributed by atoms with Gasteiger partial charge in [-0.1, -0.05) is 23.6 Å². The van der Waals surface area contributed by atoms with Crippen LogP contribution in [0.3, 0.4) is 0 Å². The lowest BCUT2D eigenvalue weighted by molar-refractivity contribution is 0.0830. The molecule has 4 aromatic rings. The van der Waals surface area contributed by atoms with Gasteiger partial charge in [-0.05, 0) is 75.2 Å². The number of pyridine rings is 1. The molecule has 2 bridgehead atoms. The van der Waals surface area contributed by atoms with Crippen molar-refractivity contribution in [3.8, 4) is 35.4 Å². The lowest BCUT2D eigenvalue weighted by atomic mass is 9.95. The van der Waals surface area contributed by atoms with Crippen LogP contribution in [0.5, 0.6) is 11.8 Å². The summed E-state index contributed by atoms with van der Waals surface area (Å²) in [6.07, 6.45) is 11.9. The largest absolute Gasteiger partial charge is 0.472 e. The van der Waals surface area contributed by atoms with Crippen LogP contribution in [0.1, 0.15) is 44.1 Å². The Balaban J connectivity index is 1.29. The second-order valence-corrected chi connectivity index (χ2v) is 15.0. The first-order chi connectivity index (χ1) is 24.0. The molecule has 16 heteroatoms. The first-order valence-electron chi connectivity index (χ1n) is 16.5. The topological polar surface area (TPSA) is 142 Å². The molecule has 2 aromatic carbocycles. The van der Waals surface area contributed by atoms with Crippen molar-refractivity contribution in [1.29, 1.82) is 0 Å². The van der Waals surface area contributed by atoms with Crippen LogP contribution in [0, 0.1) is 24.0 Å². The maximum absolute atomic E-state index is 17.2. The van der Waals surface area contributed by atoms with Gasteiger partial charge in [0.2, 0.25) is 0 Å². The van der Waals surface area contributed by atoms with Crippen molar-refractivity contribution < 1.29 is 37.1 Å². The Labute approximate surface area is 291 Å². The number of nitrogens with zero attached hydrogens (tertiary/aromatic N) is 5. The molecule has 2 aromatic heterocycles. The number of phosphoric ester groups is 1. The van der Waals surface area contributed by atoms with E-state index in [1.807, 2.05) is 0 Å². The molecule has 4 saturated heterocycles. The predicted molar refractivity (Wildman–Crippen MR) is 182 cm³/mol. The number of ether oxygens (including phenoxy) is 2. The van der Waals surface area contributed by atoms with E-state index < -0.39 is 26.3 Å². The number of phosphoric acid groups is 1. The molecular formula is C34H34ClF2N6O6P. The molecule has 262 valence electrons. The number of anilines is 1. The van der Waals surface area contributed by atoms with E-state index in [1.54, 1.807) is 0 Å². The van der Waals surface area contributed by atoms with Gasteiger partial charge in [-0.3, -0.25) is 4.90 Å². The molecule has 4 aliphatic rings. The molecule has 2 unspecified atom stereocenters. The van der Waals surface area contributed by atoms with Crippen molar-refractivity contribution in [2.45, 2.75) is 56.1 Å². The van der Waals surface area contributed by atoms with E-state index in [0.29, 0.717) is 30.9 Å². The van der Waals surface area contributed by atoms with Gasteiger partial charge in [0.1, 0.15) is 40.4 Å². The highest BCUT2D eigenvalue weighted by atomic mass is 35.5. The van der Waals surface area contributed by atoms with Crippen LogP contribution in [0.2, 0.25) is 5.15 Å². The molecule has 0 radical (unpaired) electrons. The maximum atomic E-state index is 17.2. The van der Waals surface area contributed by atoms with Crippen LogP contribution in [0.25, 0.3) is 32.9 Å². The number of nitrogens with one attached hydrogen (secondary N) is 1. The third-order valence-corrected chi connectivity index (χ3v) is 11.1. The van der Waals surface area contributed by atoms with E-state index in [4.69, 9.17) is 42.3 Å². The zero-order valence-electron chi connectivity index (χ0n) is 26.9. The summed E-state index contributed by atoms with van der Waals surface area (Å²) >= 11 is 6.93. The Kier molecular flexibility index (Phi) is 8.59. The van der Waals surface area contributed by atoms with E-state index in [9.17, 15) is 4.57 Å². The van der Waals surface area contributed by atoms with Crippen LogP contribution in [0.15, 0.2) is 24.3 Å². The Morgan fingerprint density at radius 1 is 1.06 bits per heavy atom. The Morgan fingerprint density at radius 3 is 2.50 bits per heavy atom. The number of terminal acetylenes is 1. The number of benzene rings is 2. The van der Waals surface area contributed by atoms with Crippen molar-refractivity contribution in [3.63, 3.8) is 0 Å². The number of fused-ring (bicyclic) bond motifs is 5. The lowest BCUT2D eigenvalue weighted by Crippen LogP contribution is -2.51. The molecule has 50 heavy (non-hydrogen) atoms. The van der Waals surface area contributed by atoms with Crippen LogP contribution in [-0.2, 0) is 9.09 Å². The summed E-state index contributed by atoms with van der Waals surface area (Å²) in [5, 5.41) is 4.25. The quantitative estimate of drug-likeness (QED) is 0.0909. The third kappa shape index (κ3) is 6.05. The highest BCUT2D eigenvalue weighted by molar-refractivity contribution is 7.46. The van der Waals surface area contributed by atoms with Gasteiger partial charge in [-0.25, -0.2) is 22.9 Å². The van der Waals surface area contributed by atoms with Gasteiger partial charge in [-0.2, -0.15) is 9.97 Å². The fraction of sp³-hybridized carbons (Fsp3) is 0.441. The van der Waals surface area contributed by atoms with Crippen LogP contribution >= 0.6 is 19.4 Å². The van der Waals surface area contributed by atoms with E-state index in [1.165, 1.54) is 18.2 Å². The molecule has 0 spiro atoms. The van der Waals surface area contributed by atoms with Gasteiger partial charge >= 0.3 is 13.8 Å². The van der Waals surface area contributed by atoms with E-state index in [-0.39, 0.29) is 67.6 Å². The minimum Gasteiger partial charge on any atom is -0.467 e. The minimum atomic E-state index is -4.85. The van der Waals surface area contributed by atoms with Gasteiger partial charge in [0.15, 0.2) is 12.6 Å². The zero-order chi connectivity index (χ0) is 34.8. The first kappa shape index (κ1) is 33.5. The second-order valence-electron chi connectivity index (χ2n) is 13.4. The van der Waals surface area contributed by atoms with Gasteiger partial charge in [0, 0.05) is 36.1 Å². The number of hydrogen-bond acceptors (Lipinski definition) is 10. The molecule has 12 nitrogen and oxygen atoms in total. The highest BCUT2D eigenvalue weighted by Crippen LogP contribution is 2.43. The number of piperazine rings is 1. The Hall–Kier alpha value is -3.67. The van der Waals surface area contributed by atoms with Crippen molar-refractivity contribution in [3.05, 3.63) is 46.6 Å². The summed E-state index contributed by atoms with van der Waals surface area (Å²) in [6.45, 7) is 2.83. The third-order valence-electron chi connectivity index (χ3n) is 10.4. The molecule has 2 atom stereocenters. The molecule has 0 amide bonds. The fourth-order valence-corrected chi connectivity index (χ4v) is 8.63. The first-order valence-corrected chi connectivity index (χ1v) is 18.4. The van der Waals surface area contributed by atoms with E-state index in [2.05, 4.69) is 35.5 Å². The summed E-state index contributed by atoms with van der Waals surface area (Å²) in [7, 11) is -4.85. The summed E-state index contributed by atoms with van der Waals surface area (Å²) in [5.41, 5.74) is -0.639. The number of hydrogen-bond donors (Lipinski definition) is 3. The molecule has 0 saturated carbocycles. The number of aromatic nitrogens is 3. The van der Waals surface area contributed by atoms with Crippen molar-refractivity contribution in [2.75, 3.05) is 44.5 Å². The molecule has 4 aliphatic heterocycles. The molecular weight excluding hydrogens is 693 g/mol. The average molecular weight is 727 g/mol. The highest BCUT2D eigenvalue weighted by Gasteiger charge is 2.45. The van der Waals surface area contributed by atoms with Crippen LogP contribution in [0.4, 0.5) is 14.6 Å². The van der Waals surface area contributed by atoms with E-state index in [0.717, 1.165) is 57.7 Å². The lowest BCUT2D eigenvalue weighted by Gasteiger charge is -2.35. The van der Waals surface area contributed by atoms with Crippen molar-refractivity contribution in [2.24, 2.45) is 0 Å². The standard InChI is InChI=1S/C34H34ClF2N6O6P/c1-2-23-25(36)8-5-19-13-22(48-18-49-50(44,45)46)14-24(26(19)23)29-28(37)30-27(31(35)39-29)32(42-15-20-6-7-21(16-42)38-20)41-33(40-30)47-17-34-9-3-11-43(34)12-4-10-34/h1,5,8,13-14,20-21,38H,3-4,6-7,9-12,15-18H2,(H2,44,45,46). The summed E-state index contributed by atoms with van der Waals surface area (Å²) < 4.78 is 59.8. The van der Waals surface area contributed by atoms with Crippen molar-refractivity contribution in [1.82, 2.24) is 25.2 Å². The molecule has 4 fully saturated rings. The SMILES string of the molecule is C#Cc1c(F)ccc2cc(OCOP(=O)(O)O)cc(-c3nc(Cl)c4c(N5CC6CCC(C5)N6)nc(OCC56CCCN5CCC6)nc4c3F)c12. The zero-order valence-corrected chi connectivity index (χ0v) is 28.5. The smallest absolute Gasteiger partial charge is 0.467 e. The van der Waals surface area contributed by atoms with Gasteiger partial charge in [-0.15, -0.1) is 6.42 Å². The number of halogens is 3. The molecule has 0 aliphatic carbocycles. The maximum Gasteiger partial charge on any atom is 0.472 e. The number of rotatable bonds is 9. The monoisotopic (exact) mass is 726 g/mol. The average Bonchev–Trinajstić information content (AvgIpc) is 3.77. The predicted octanol–water partition coefficient (Wildman–Crippen LogP) is 5.15. The summed E-state index contributed by atoms with van der Waals surface area (Å²) in [4.78, 5) is 36.7. The Bertz CT molecular complexity index is 2090. The van der Waals surface area contributed by atoms with Crippen LogP contribution < -0.4 is 19.7 Å². The van der Waals surface area contributed by atoms with Gasteiger partial charge < -0.3 is 29.5 Å². The van der Waals surface area contributed by atoms with Crippen molar-refractivity contribution >= 4 is 46.9 Å². The van der Waals surface area contributed by atoms with Gasteiger partial charge in [0.25, 0.3) is 0 Å². The summed E-state index contributed by atoms with van der Waals surface area (Å²) in [5.74, 6) is 1.21. The second kappa shape index (κ2) is 12.8. The molecule has 8 rings (SSSR count).